The van der Waals surface area contributed by atoms with E-state index in [1.54, 1.807) is 39.4 Å². The topological polar surface area (TPSA) is 89.4 Å². The lowest BCUT2D eigenvalue weighted by Crippen LogP contribution is -2.68. The first kappa shape index (κ1) is 35.3. The summed E-state index contributed by atoms with van der Waals surface area (Å²) >= 11 is 0. The molecular formula is C39H52FN5O4. The third-order valence-corrected chi connectivity index (χ3v) is 12.1. The molecule has 2 aromatic carbocycles. The highest BCUT2D eigenvalue weighted by Gasteiger charge is 2.53. The van der Waals surface area contributed by atoms with Gasteiger partial charge in [0.2, 0.25) is 0 Å². The van der Waals surface area contributed by atoms with Gasteiger partial charge in [-0.05, 0) is 112 Å². The molecule has 10 heteroatoms. The minimum Gasteiger partial charge on any atom is -0.469 e. The number of likely N-dealkylation sites (tertiary alicyclic amines) is 2. The third-order valence-electron chi connectivity index (χ3n) is 12.1. The van der Waals surface area contributed by atoms with Gasteiger partial charge in [-0.25, -0.2) is 4.39 Å². The minimum absolute atomic E-state index is 0.148. The standard InChI is InChI=1S/C39H52FN5O4/c1-42(2)37(47)34-22-33(13-12-29(34)23-41)45-25-38(26-45,49-4)24-44-18-14-30(15-19-44)39(27-43-16-7-17-43,31-9-6-10-32(40)21-31)35-11-5-8-28(35)20-36(46)48-3/h6,9-10,12-13,21-22,28,30,35H,5,7-8,11,14-20,24-27H2,1-4H3/t28-,35+,39+/m1/s1. The second kappa shape index (κ2) is 14.8. The number of hydrogen-bond acceptors (Lipinski definition) is 8. The molecule has 4 aliphatic rings. The van der Waals surface area contributed by atoms with Gasteiger partial charge in [-0.3, -0.25) is 9.59 Å². The molecule has 6 rings (SSSR count). The summed E-state index contributed by atoms with van der Waals surface area (Å²) in [6.45, 7) is 7.11. The molecule has 2 aromatic rings. The molecule has 3 aliphatic heterocycles. The molecule has 0 N–H and O–H groups in total. The Hall–Kier alpha value is -3.52. The second-order valence-corrected chi connectivity index (χ2v) is 15.1. The van der Waals surface area contributed by atoms with Crippen LogP contribution in [0.15, 0.2) is 42.5 Å². The van der Waals surface area contributed by atoms with Crippen LogP contribution in [0.2, 0.25) is 0 Å². The summed E-state index contributed by atoms with van der Waals surface area (Å²) in [5.41, 5.74) is 2.23. The van der Waals surface area contributed by atoms with Crippen molar-refractivity contribution in [2.75, 3.05) is 85.6 Å². The monoisotopic (exact) mass is 673 g/mol. The summed E-state index contributed by atoms with van der Waals surface area (Å²) in [6.07, 6.45) is 6.76. The highest BCUT2D eigenvalue weighted by atomic mass is 19.1. The van der Waals surface area contributed by atoms with Crippen LogP contribution in [0.1, 0.15) is 66.4 Å². The van der Waals surface area contributed by atoms with E-state index in [0.717, 1.165) is 82.6 Å². The maximum absolute atomic E-state index is 15.0. The van der Waals surface area contributed by atoms with Gasteiger partial charge in [0, 0.05) is 51.8 Å². The van der Waals surface area contributed by atoms with Crippen LogP contribution in [0.3, 0.4) is 0 Å². The molecule has 1 saturated carbocycles. The molecule has 3 heterocycles. The van der Waals surface area contributed by atoms with Crippen molar-refractivity contribution in [3.63, 3.8) is 0 Å². The van der Waals surface area contributed by atoms with Crippen LogP contribution in [-0.2, 0) is 19.7 Å². The van der Waals surface area contributed by atoms with E-state index in [1.807, 2.05) is 18.2 Å². The number of nitriles is 1. The van der Waals surface area contributed by atoms with Gasteiger partial charge < -0.3 is 29.1 Å². The number of halogens is 1. The Kier molecular flexibility index (Phi) is 10.6. The lowest BCUT2D eigenvalue weighted by Gasteiger charge is -2.55. The molecule has 0 spiro atoms. The van der Waals surface area contributed by atoms with Gasteiger partial charge >= 0.3 is 5.97 Å². The number of nitrogens with zero attached hydrogens (tertiary/aromatic N) is 5. The quantitative estimate of drug-likeness (QED) is 0.293. The number of benzene rings is 2. The van der Waals surface area contributed by atoms with E-state index in [-0.39, 0.29) is 40.5 Å². The normalized spacial score (nSPS) is 24.0. The molecule has 9 nitrogen and oxygen atoms in total. The highest BCUT2D eigenvalue weighted by Crippen LogP contribution is 2.54. The second-order valence-electron chi connectivity index (χ2n) is 15.1. The number of rotatable bonds is 12. The van der Waals surface area contributed by atoms with Crippen LogP contribution >= 0.6 is 0 Å². The number of carbonyl (C=O) groups is 2. The predicted molar refractivity (Wildman–Crippen MR) is 187 cm³/mol. The number of hydrogen-bond donors (Lipinski definition) is 0. The van der Waals surface area contributed by atoms with Crippen molar-refractivity contribution in [2.24, 2.45) is 17.8 Å². The molecule has 0 bridgehead atoms. The Morgan fingerprint density at radius 1 is 1.00 bits per heavy atom. The number of ether oxygens (including phenoxy) is 2. The fourth-order valence-electron chi connectivity index (χ4n) is 9.42. The van der Waals surface area contributed by atoms with Gasteiger partial charge in [-0.15, -0.1) is 0 Å². The summed E-state index contributed by atoms with van der Waals surface area (Å²) < 4.78 is 26.4. The summed E-state index contributed by atoms with van der Waals surface area (Å²) in [7, 11) is 6.65. The molecule has 1 amide bonds. The van der Waals surface area contributed by atoms with E-state index in [0.29, 0.717) is 36.6 Å². The molecular weight excluding hydrogens is 621 g/mol. The van der Waals surface area contributed by atoms with E-state index in [2.05, 4.69) is 26.8 Å². The molecule has 4 fully saturated rings. The van der Waals surface area contributed by atoms with Crippen molar-refractivity contribution >= 4 is 17.6 Å². The average molecular weight is 674 g/mol. The average Bonchev–Trinajstić information content (AvgIpc) is 3.53. The Labute approximate surface area is 290 Å². The van der Waals surface area contributed by atoms with Crippen molar-refractivity contribution in [3.8, 4) is 6.07 Å². The summed E-state index contributed by atoms with van der Waals surface area (Å²) in [5.74, 6) is 0.345. The molecule has 1 aliphatic carbocycles. The van der Waals surface area contributed by atoms with Crippen molar-refractivity contribution < 1.29 is 23.5 Å². The van der Waals surface area contributed by atoms with Crippen molar-refractivity contribution in [1.82, 2.24) is 14.7 Å². The summed E-state index contributed by atoms with van der Waals surface area (Å²) in [5, 5.41) is 9.58. The van der Waals surface area contributed by atoms with Gasteiger partial charge in [0.15, 0.2) is 0 Å². The van der Waals surface area contributed by atoms with E-state index >= 15 is 4.39 Å². The maximum Gasteiger partial charge on any atom is 0.305 e. The first-order valence-electron chi connectivity index (χ1n) is 17.9. The van der Waals surface area contributed by atoms with Crippen LogP contribution in [0.4, 0.5) is 10.1 Å². The van der Waals surface area contributed by atoms with E-state index in [4.69, 9.17) is 9.47 Å². The van der Waals surface area contributed by atoms with Gasteiger partial charge in [-0.2, -0.15) is 5.26 Å². The Bertz CT molecular complexity index is 1540. The Balaban J connectivity index is 1.19. The van der Waals surface area contributed by atoms with E-state index in [1.165, 1.54) is 18.4 Å². The lowest BCUT2D eigenvalue weighted by molar-refractivity contribution is -0.142. The first-order chi connectivity index (χ1) is 23.6. The number of anilines is 1. The van der Waals surface area contributed by atoms with E-state index < -0.39 is 0 Å². The van der Waals surface area contributed by atoms with Gasteiger partial charge in [-0.1, -0.05) is 18.6 Å². The number of piperidine rings is 1. The van der Waals surface area contributed by atoms with Crippen LogP contribution < -0.4 is 4.90 Å². The molecule has 264 valence electrons. The summed E-state index contributed by atoms with van der Waals surface area (Å²) in [6, 6.07) is 15.0. The lowest BCUT2D eigenvalue weighted by atomic mass is 9.56. The number of methoxy groups -OCH3 is 2. The van der Waals surface area contributed by atoms with Crippen molar-refractivity contribution in [1.29, 1.82) is 5.26 Å². The fourth-order valence-corrected chi connectivity index (χ4v) is 9.42. The Morgan fingerprint density at radius 3 is 2.37 bits per heavy atom. The van der Waals surface area contributed by atoms with Gasteiger partial charge in [0.25, 0.3) is 5.91 Å². The first-order valence-corrected chi connectivity index (χ1v) is 17.9. The minimum atomic E-state index is -0.333. The van der Waals surface area contributed by atoms with E-state index in [9.17, 15) is 14.9 Å². The third kappa shape index (κ3) is 7.08. The van der Waals surface area contributed by atoms with Crippen molar-refractivity contribution in [3.05, 3.63) is 65.0 Å². The smallest absolute Gasteiger partial charge is 0.305 e. The predicted octanol–water partition coefficient (Wildman–Crippen LogP) is 4.94. The molecule has 3 atom stereocenters. The van der Waals surface area contributed by atoms with Crippen LogP contribution in [0.25, 0.3) is 0 Å². The molecule has 0 radical (unpaired) electrons. The van der Waals surface area contributed by atoms with Crippen LogP contribution in [0.5, 0.6) is 0 Å². The molecule has 0 unspecified atom stereocenters. The number of carbonyl (C=O) groups excluding carboxylic acids is 2. The largest absolute Gasteiger partial charge is 0.469 e. The fraction of sp³-hybridized carbons (Fsp3) is 0.615. The van der Waals surface area contributed by atoms with Crippen LogP contribution in [0, 0.1) is 34.9 Å². The molecule has 0 aromatic heterocycles. The SMILES string of the molecule is COC(=O)C[C@H]1CCC[C@@H]1[C@](CN1CCC1)(c1cccc(F)c1)C1CCN(CC2(OC)CN(c3ccc(C#N)c(C(=O)N(C)C)c3)C2)CC1. The zero-order chi connectivity index (χ0) is 34.8. The highest BCUT2D eigenvalue weighted by molar-refractivity contribution is 5.97. The van der Waals surface area contributed by atoms with Gasteiger partial charge in [0.05, 0.1) is 37.4 Å². The molecule has 49 heavy (non-hydrogen) atoms. The molecule has 3 saturated heterocycles. The maximum atomic E-state index is 15.0. The number of amides is 1. The zero-order valence-electron chi connectivity index (χ0n) is 29.6. The van der Waals surface area contributed by atoms with Gasteiger partial charge in [0.1, 0.15) is 11.4 Å². The van der Waals surface area contributed by atoms with Crippen molar-refractivity contribution in [2.45, 2.75) is 56.0 Å². The summed E-state index contributed by atoms with van der Waals surface area (Å²) in [4.78, 5) is 34.2. The van der Waals surface area contributed by atoms with Crippen LogP contribution in [-0.4, -0.2) is 113 Å². The zero-order valence-corrected chi connectivity index (χ0v) is 29.6. The Morgan fingerprint density at radius 2 is 1.76 bits per heavy atom. The number of esters is 1.